The van der Waals surface area contributed by atoms with Gasteiger partial charge in [-0.15, -0.1) is 5.10 Å². The summed E-state index contributed by atoms with van der Waals surface area (Å²) in [5.41, 5.74) is 5.25. The molecular formula is C9H14F3N5O. The first kappa shape index (κ1) is 14.3. The number of hydrogen-bond donors (Lipinski definition) is 2. The maximum absolute atomic E-state index is 11.8. The second kappa shape index (κ2) is 6.22. The van der Waals surface area contributed by atoms with E-state index in [1.165, 1.54) is 11.0 Å². The number of nitrogens with zero attached hydrogens (tertiary/aromatic N) is 3. The van der Waals surface area contributed by atoms with Crippen molar-refractivity contribution in [3.8, 4) is 0 Å². The van der Waals surface area contributed by atoms with Crippen molar-refractivity contribution in [2.75, 3.05) is 12.3 Å². The fourth-order valence-electron chi connectivity index (χ4n) is 1.27. The minimum Gasteiger partial charge on any atom is -0.367 e. The number of aromatic nitrogens is 3. The Bertz CT molecular complexity index is 390. The van der Waals surface area contributed by atoms with Gasteiger partial charge in [-0.3, -0.25) is 4.79 Å². The number of rotatable bonds is 6. The molecule has 1 rings (SSSR count). The van der Waals surface area contributed by atoms with Gasteiger partial charge >= 0.3 is 6.18 Å². The summed E-state index contributed by atoms with van der Waals surface area (Å²) in [7, 11) is 0. The molecule has 0 radical (unpaired) electrons. The molecule has 1 heterocycles. The van der Waals surface area contributed by atoms with Crippen molar-refractivity contribution in [1.29, 1.82) is 0 Å². The first-order chi connectivity index (χ1) is 8.37. The highest BCUT2D eigenvalue weighted by molar-refractivity contribution is 5.75. The van der Waals surface area contributed by atoms with E-state index in [1.54, 1.807) is 0 Å². The lowest BCUT2D eigenvalue weighted by molar-refractivity contribution is -0.135. The SMILES string of the molecule is Nc1ncn(CC(=O)NCCCCC(F)(F)F)n1. The largest absolute Gasteiger partial charge is 0.389 e. The molecule has 0 aromatic carbocycles. The minimum absolute atomic E-state index is 0.0000531. The van der Waals surface area contributed by atoms with Gasteiger partial charge in [0.1, 0.15) is 12.9 Å². The molecule has 0 aliphatic carbocycles. The Morgan fingerprint density at radius 2 is 2.17 bits per heavy atom. The highest BCUT2D eigenvalue weighted by Gasteiger charge is 2.25. The maximum atomic E-state index is 11.8. The van der Waals surface area contributed by atoms with Gasteiger partial charge in [-0.2, -0.15) is 13.2 Å². The Morgan fingerprint density at radius 3 is 2.72 bits per heavy atom. The molecule has 0 aliphatic heterocycles. The third kappa shape index (κ3) is 6.06. The molecule has 102 valence electrons. The predicted octanol–water partition coefficient (Wildman–Crippen LogP) is 0.709. The molecule has 6 nitrogen and oxygen atoms in total. The highest BCUT2D eigenvalue weighted by atomic mass is 19.4. The first-order valence-corrected chi connectivity index (χ1v) is 5.35. The topological polar surface area (TPSA) is 85.8 Å². The number of carbonyl (C=O) groups excluding carboxylic acids is 1. The second-order valence-electron chi connectivity index (χ2n) is 3.72. The van der Waals surface area contributed by atoms with E-state index in [2.05, 4.69) is 15.4 Å². The number of unbranched alkanes of at least 4 members (excludes halogenated alkanes) is 1. The zero-order valence-electron chi connectivity index (χ0n) is 9.57. The van der Waals surface area contributed by atoms with Crippen molar-refractivity contribution < 1.29 is 18.0 Å². The molecular weight excluding hydrogens is 251 g/mol. The van der Waals surface area contributed by atoms with Crippen LogP contribution in [-0.2, 0) is 11.3 Å². The van der Waals surface area contributed by atoms with Crippen molar-refractivity contribution >= 4 is 11.9 Å². The quantitative estimate of drug-likeness (QED) is 0.742. The predicted molar refractivity (Wildman–Crippen MR) is 57.4 cm³/mol. The standard InChI is InChI=1S/C9H14F3N5O/c10-9(11,12)3-1-2-4-14-7(18)5-17-6-15-8(13)16-17/h6H,1-5H2,(H2,13,16)(H,14,18). The molecule has 0 atom stereocenters. The van der Waals surface area contributed by atoms with Gasteiger partial charge in [0, 0.05) is 13.0 Å². The fraction of sp³-hybridized carbons (Fsp3) is 0.667. The van der Waals surface area contributed by atoms with E-state index in [4.69, 9.17) is 5.73 Å². The summed E-state index contributed by atoms with van der Waals surface area (Å²) in [5.74, 6) is -0.278. The van der Waals surface area contributed by atoms with Crippen molar-refractivity contribution in [1.82, 2.24) is 20.1 Å². The first-order valence-electron chi connectivity index (χ1n) is 5.35. The average Bonchev–Trinajstić information content (AvgIpc) is 2.61. The lowest BCUT2D eigenvalue weighted by Gasteiger charge is -2.07. The van der Waals surface area contributed by atoms with Crippen molar-refractivity contribution in [2.24, 2.45) is 0 Å². The van der Waals surface area contributed by atoms with Crippen LogP contribution in [0.1, 0.15) is 19.3 Å². The third-order valence-corrected chi connectivity index (χ3v) is 2.07. The Morgan fingerprint density at radius 1 is 1.44 bits per heavy atom. The summed E-state index contributed by atoms with van der Waals surface area (Å²) in [6.45, 7) is 0.155. The minimum atomic E-state index is -4.14. The van der Waals surface area contributed by atoms with Gasteiger partial charge in [0.25, 0.3) is 0 Å². The molecule has 1 aromatic rings. The van der Waals surface area contributed by atoms with Crippen molar-refractivity contribution in [2.45, 2.75) is 32.0 Å². The van der Waals surface area contributed by atoms with Crippen LogP contribution >= 0.6 is 0 Å². The van der Waals surface area contributed by atoms with E-state index in [9.17, 15) is 18.0 Å². The monoisotopic (exact) mass is 265 g/mol. The van der Waals surface area contributed by atoms with E-state index in [0.717, 1.165) is 0 Å². The molecule has 0 spiro atoms. The van der Waals surface area contributed by atoms with Gasteiger partial charge in [0.05, 0.1) is 0 Å². The van der Waals surface area contributed by atoms with Gasteiger partial charge in [0.15, 0.2) is 0 Å². The zero-order valence-corrected chi connectivity index (χ0v) is 9.57. The summed E-state index contributed by atoms with van der Waals surface area (Å²) >= 11 is 0. The number of hydrogen-bond acceptors (Lipinski definition) is 4. The second-order valence-corrected chi connectivity index (χ2v) is 3.72. The summed E-state index contributed by atoms with van der Waals surface area (Å²) in [6, 6.07) is 0. The summed E-state index contributed by atoms with van der Waals surface area (Å²) in [6.07, 6.45) is -3.38. The summed E-state index contributed by atoms with van der Waals surface area (Å²) in [5, 5.41) is 6.19. The van der Waals surface area contributed by atoms with E-state index in [1.807, 2.05) is 0 Å². The van der Waals surface area contributed by atoms with E-state index in [-0.39, 0.29) is 37.8 Å². The van der Waals surface area contributed by atoms with Gasteiger partial charge in [0.2, 0.25) is 11.9 Å². The molecule has 9 heteroatoms. The Hall–Kier alpha value is -1.80. The van der Waals surface area contributed by atoms with Crippen LogP contribution in [0.3, 0.4) is 0 Å². The summed E-state index contributed by atoms with van der Waals surface area (Å²) in [4.78, 5) is 15.0. The van der Waals surface area contributed by atoms with Gasteiger partial charge in [-0.25, -0.2) is 9.67 Å². The van der Waals surface area contributed by atoms with Crippen LogP contribution in [0.2, 0.25) is 0 Å². The smallest absolute Gasteiger partial charge is 0.367 e. The molecule has 1 amide bonds. The highest BCUT2D eigenvalue weighted by Crippen LogP contribution is 2.21. The molecule has 0 unspecified atom stereocenters. The lowest BCUT2D eigenvalue weighted by atomic mass is 10.2. The number of nitrogen functional groups attached to an aromatic ring is 1. The third-order valence-electron chi connectivity index (χ3n) is 2.07. The van der Waals surface area contributed by atoms with E-state index in [0.29, 0.717) is 0 Å². The molecule has 1 aromatic heterocycles. The Labute approximate surface area is 101 Å². The van der Waals surface area contributed by atoms with Crippen LogP contribution in [0, 0.1) is 0 Å². The number of anilines is 1. The van der Waals surface area contributed by atoms with Gasteiger partial charge < -0.3 is 11.1 Å². The molecule has 18 heavy (non-hydrogen) atoms. The van der Waals surface area contributed by atoms with Crippen LogP contribution in [0.4, 0.5) is 19.1 Å². The van der Waals surface area contributed by atoms with Gasteiger partial charge in [-0.05, 0) is 12.8 Å². The molecule has 0 bridgehead atoms. The summed E-state index contributed by atoms with van der Waals surface area (Å²) < 4.78 is 36.7. The van der Waals surface area contributed by atoms with Crippen LogP contribution in [0.5, 0.6) is 0 Å². The molecule has 0 saturated heterocycles. The molecule has 3 N–H and O–H groups in total. The lowest BCUT2D eigenvalue weighted by Crippen LogP contribution is -2.28. The van der Waals surface area contributed by atoms with E-state index >= 15 is 0 Å². The van der Waals surface area contributed by atoms with Crippen molar-refractivity contribution in [3.63, 3.8) is 0 Å². The number of amides is 1. The number of nitrogens with one attached hydrogen (secondary N) is 1. The Kier molecular flexibility index (Phi) is 4.93. The Balaban J connectivity index is 2.11. The number of halogens is 3. The fourth-order valence-corrected chi connectivity index (χ4v) is 1.27. The maximum Gasteiger partial charge on any atom is 0.389 e. The number of nitrogens with two attached hydrogens (primary N) is 1. The molecule has 0 fully saturated rings. The van der Waals surface area contributed by atoms with Crippen LogP contribution in [0.15, 0.2) is 6.33 Å². The van der Waals surface area contributed by atoms with Crippen LogP contribution in [0.25, 0.3) is 0 Å². The average molecular weight is 265 g/mol. The number of alkyl halides is 3. The normalized spacial score (nSPS) is 11.5. The van der Waals surface area contributed by atoms with Crippen molar-refractivity contribution in [3.05, 3.63) is 6.33 Å². The van der Waals surface area contributed by atoms with Crippen LogP contribution in [-0.4, -0.2) is 33.4 Å². The van der Waals surface area contributed by atoms with Gasteiger partial charge in [-0.1, -0.05) is 0 Å². The molecule has 0 aliphatic rings. The van der Waals surface area contributed by atoms with Crippen LogP contribution < -0.4 is 11.1 Å². The number of carbonyl (C=O) groups is 1. The zero-order chi connectivity index (χ0) is 13.6. The van der Waals surface area contributed by atoms with E-state index < -0.39 is 12.6 Å². The molecule has 0 saturated carbocycles.